The van der Waals surface area contributed by atoms with Gasteiger partial charge in [0.2, 0.25) is 0 Å². The van der Waals surface area contributed by atoms with Crippen molar-refractivity contribution in [3.8, 4) is 0 Å². The van der Waals surface area contributed by atoms with Crippen molar-refractivity contribution in [3.05, 3.63) is 56.5 Å². The molecule has 0 radical (unpaired) electrons. The van der Waals surface area contributed by atoms with E-state index in [1.165, 1.54) is 53.5 Å². The van der Waals surface area contributed by atoms with Gasteiger partial charge < -0.3 is 5.32 Å². The SMILES string of the molecule is CNC(c1cc2c(s1)CCCCC2)c1cc(F)ccc1C. The summed E-state index contributed by atoms with van der Waals surface area (Å²) in [6.07, 6.45) is 6.35. The van der Waals surface area contributed by atoms with Gasteiger partial charge in [0.1, 0.15) is 5.82 Å². The zero-order valence-electron chi connectivity index (χ0n) is 12.7. The average Bonchev–Trinajstić information content (AvgIpc) is 2.74. The van der Waals surface area contributed by atoms with Gasteiger partial charge in [-0.05, 0) is 74.5 Å². The Labute approximate surface area is 130 Å². The Kier molecular flexibility index (Phi) is 4.41. The van der Waals surface area contributed by atoms with E-state index in [4.69, 9.17) is 0 Å². The number of aryl methyl sites for hydroxylation is 3. The zero-order valence-corrected chi connectivity index (χ0v) is 13.5. The van der Waals surface area contributed by atoms with Gasteiger partial charge in [0.05, 0.1) is 6.04 Å². The van der Waals surface area contributed by atoms with E-state index in [0.717, 1.165) is 11.1 Å². The molecule has 1 unspecified atom stereocenters. The van der Waals surface area contributed by atoms with E-state index in [1.54, 1.807) is 6.07 Å². The summed E-state index contributed by atoms with van der Waals surface area (Å²) in [6.45, 7) is 2.05. The van der Waals surface area contributed by atoms with Crippen LogP contribution in [-0.4, -0.2) is 7.05 Å². The van der Waals surface area contributed by atoms with Crippen LogP contribution < -0.4 is 5.32 Å². The lowest BCUT2D eigenvalue weighted by molar-refractivity contribution is 0.616. The number of hydrogen-bond donors (Lipinski definition) is 1. The monoisotopic (exact) mass is 303 g/mol. The highest BCUT2D eigenvalue weighted by Gasteiger charge is 2.20. The first-order valence-corrected chi connectivity index (χ1v) is 8.55. The Hall–Kier alpha value is -1.19. The van der Waals surface area contributed by atoms with Gasteiger partial charge in [0.15, 0.2) is 0 Å². The summed E-state index contributed by atoms with van der Waals surface area (Å²) >= 11 is 1.91. The predicted molar refractivity (Wildman–Crippen MR) is 87.6 cm³/mol. The Bertz CT molecular complexity index is 609. The maximum Gasteiger partial charge on any atom is 0.123 e. The first-order chi connectivity index (χ1) is 10.2. The smallest absolute Gasteiger partial charge is 0.123 e. The Morgan fingerprint density at radius 2 is 1.95 bits per heavy atom. The van der Waals surface area contributed by atoms with E-state index < -0.39 is 0 Å². The van der Waals surface area contributed by atoms with E-state index in [2.05, 4.69) is 18.3 Å². The molecule has 1 aliphatic rings. The number of nitrogens with one attached hydrogen (secondary N) is 1. The van der Waals surface area contributed by atoms with Crippen LogP contribution in [0.2, 0.25) is 0 Å². The number of rotatable bonds is 3. The lowest BCUT2D eigenvalue weighted by Crippen LogP contribution is -2.17. The number of halogens is 1. The molecule has 1 atom stereocenters. The Morgan fingerprint density at radius 3 is 2.76 bits per heavy atom. The highest BCUT2D eigenvalue weighted by molar-refractivity contribution is 7.12. The van der Waals surface area contributed by atoms with Crippen LogP contribution in [0, 0.1) is 12.7 Å². The topological polar surface area (TPSA) is 12.0 Å². The number of fused-ring (bicyclic) bond motifs is 1. The van der Waals surface area contributed by atoms with Crippen molar-refractivity contribution in [2.45, 2.75) is 45.1 Å². The predicted octanol–water partition coefficient (Wildman–Crippen LogP) is 4.77. The van der Waals surface area contributed by atoms with Crippen molar-refractivity contribution < 1.29 is 4.39 Å². The van der Waals surface area contributed by atoms with Crippen LogP contribution in [0.4, 0.5) is 4.39 Å². The van der Waals surface area contributed by atoms with E-state index >= 15 is 0 Å². The molecule has 1 aromatic heterocycles. The maximum atomic E-state index is 13.6. The van der Waals surface area contributed by atoms with Gasteiger partial charge in [0.25, 0.3) is 0 Å². The molecule has 1 heterocycles. The fraction of sp³-hybridized carbons (Fsp3) is 0.444. The number of hydrogen-bond acceptors (Lipinski definition) is 2. The van der Waals surface area contributed by atoms with Crippen LogP contribution in [0.25, 0.3) is 0 Å². The molecule has 0 spiro atoms. The second-order valence-electron chi connectivity index (χ2n) is 5.88. The molecule has 0 saturated carbocycles. The zero-order chi connectivity index (χ0) is 14.8. The minimum Gasteiger partial charge on any atom is -0.309 e. The summed E-state index contributed by atoms with van der Waals surface area (Å²) in [5, 5.41) is 3.37. The molecule has 0 saturated heterocycles. The van der Waals surface area contributed by atoms with Crippen LogP contribution in [0.3, 0.4) is 0 Å². The van der Waals surface area contributed by atoms with Crippen LogP contribution in [0.5, 0.6) is 0 Å². The van der Waals surface area contributed by atoms with E-state index in [1.807, 2.05) is 24.5 Å². The standard InChI is InChI=1S/C18H22FNS/c1-12-8-9-14(19)11-15(12)18(20-2)17-10-13-6-4-3-5-7-16(13)21-17/h8-11,18,20H,3-7H2,1-2H3. The van der Waals surface area contributed by atoms with Gasteiger partial charge in [-0.15, -0.1) is 11.3 Å². The minimum absolute atomic E-state index is 0.0950. The van der Waals surface area contributed by atoms with Crippen LogP contribution in [-0.2, 0) is 12.8 Å². The van der Waals surface area contributed by atoms with Gasteiger partial charge >= 0.3 is 0 Å². The van der Waals surface area contributed by atoms with E-state index in [0.29, 0.717) is 0 Å². The van der Waals surface area contributed by atoms with Gasteiger partial charge in [0, 0.05) is 9.75 Å². The molecule has 1 nitrogen and oxygen atoms in total. The van der Waals surface area contributed by atoms with E-state index in [-0.39, 0.29) is 11.9 Å². The van der Waals surface area contributed by atoms with Crippen molar-refractivity contribution >= 4 is 11.3 Å². The van der Waals surface area contributed by atoms with Gasteiger partial charge in [-0.2, -0.15) is 0 Å². The summed E-state index contributed by atoms with van der Waals surface area (Å²) in [7, 11) is 1.96. The fourth-order valence-corrected chi connectivity index (χ4v) is 4.59. The summed E-state index contributed by atoms with van der Waals surface area (Å²) in [5.74, 6) is -0.158. The number of thiophene rings is 1. The molecule has 112 valence electrons. The third kappa shape index (κ3) is 3.04. The number of benzene rings is 1. The molecule has 2 aromatic rings. The lowest BCUT2D eigenvalue weighted by atomic mass is 9.99. The van der Waals surface area contributed by atoms with Crippen molar-refractivity contribution in [1.29, 1.82) is 0 Å². The molecule has 0 aliphatic heterocycles. The summed E-state index contributed by atoms with van der Waals surface area (Å²) in [5.41, 5.74) is 3.70. The van der Waals surface area contributed by atoms with Crippen molar-refractivity contribution in [2.24, 2.45) is 0 Å². The first-order valence-electron chi connectivity index (χ1n) is 7.74. The highest BCUT2D eigenvalue weighted by Crippen LogP contribution is 2.35. The highest BCUT2D eigenvalue weighted by atomic mass is 32.1. The molecule has 1 aromatic carbocycles. The molecule has 21 heavy (non-hydrogen) atoms. The van der Waals surface area contributed by atoms with E-state index in [9.17, 15) is 4.39 Å². The molecule has 0 amide bonds. The van der Waals surface area contributed by atoms with Crippen LogP contribution in [0.15, 0.2) is 24.3 Å². The fourth-order valence-electron chi connectivity index (χ4n) is 3.21. The second-order valence-corrected chi connectivity index (χ2v) is 7.05. The van der Waals surface area contributed by atoms with Gasteiger partial charge in [-0.1, -0.05) is 12.5 Å². The third-order valence-corrected chi connectivity index (χ3v) is 5.69. The molecule has 3 rings (SSSR count). The summed E-state index contributed by atoms with van der Waals surface area (Å²) in [4.78, 5) is 2.86. The summed E-state index contributed by atoms with van der Waals surface area (Å²) in [6, 6.07) is 7.51. The largest absolute Gasteiger partial charge is 0.309 e. The quantitative estimate of drug-likeness (QED) is 0.805. The molecule has 0 bridgehead atoms. The maximum absolute atomic E-state index is 13.6. The van der Waals surface area contributed by atoms with Gasteiger partial charge in [-0.25, -0.2) is 4.39 Å². The van der Waals surface area contributed by atoms with Crippen LogP contribution >= 0.6 is 11.3 Å². The molecule has 1 N–H and O–H groups in total. The average molecular weight is 303 g/mol. The second kappa shape index (κ2) is 6.29. The van der Waals surface area contributed by atoms with Crippen molar-refractivity contribution in [3.63, 3.8) is 0 Å². The normalized spacial score (nSPS) is 16.3. The first kappa shape index (κ1) is 14.7. The van der Waals surface area contributed by atoms with Gasteiger partial charge in [-0.3, -0.25) is 0 Å². The van der Waals surface area contributed by atoms with Crippen LogP contribution in [0.1, 0.15) is 51.7 Å². The molecule has 1 aliphatic carbocycles. The third-order valence-electron chi connectivity index (χ3n) is 4.39. The summed E-state index contributed by atoms with van der Waals surface area (Å²) < 4.78 is 13.6. The lowest BCUT2D eigenvalue weighted by Gasteiger charge is -2.17. The van der Waals surface area contributed by atoms with Crippen molar-refractivity contribution in [1.82, 2.24) is 5.32 Å². The Balaban J connectivity index is 1.98. The Morgan fingerprint density at radius 1 is 1.14 bits per heavy atom. The molecule has 0 fully saturated rings. The molecular formula is C18H22FNS. The molecule has 3 heteroatoms. The molecular weight excluding hydrogens is 281 g/mol. The van der Waals surface area contributed by atoms with Crippen molar-refractivity contribution in [2.75, 3.05) is 7.05 Å². The minimum atomic E-state index is -0.158.